The molecule has 1 saturated heterocycles. The molecule has 200 valence electrons. The fourth-order valence-electron chi connectivity index (χ4n) is 4.17. The highest BCUT2D eigenvalue weighted by molar-refractivity contribution is 7.90. The van der Waals surface area contributed by atoms with E-state index in [0.29, 0.717) is 54.0 Å². The first-order valence-electron chi connectivity index (χ1n) is 12.3. The number of carbonyl (C=O) groups is 1. The summed E-state index contributed by atoms with van der Waals surface area (Å²) in [5.41, 5.74) is 2.27. The molecule has 2 N–H and O–H groups in total. The number of benzene rings is 2. The van der Waals surface area contributed by atoms with Gasteiger partial charge in [-0.3, -0.25) is 4.98 Å². The number of urea groups is 1. The van der Waals surface area contributed by atoms with Crippen molar-refractivity contribution in [1.29, 1.82) is 0 Å². The van der Waals surface area contributed by atoms with Gasteiger partial charge in [-0.05, 0) is 55.5 Å². The Labute approximate surface area is 226 Å². The first-order valence-corrected chi connectivity index (χ1v) is 14.2. The summed E-state index contributed by atoms with van der Waals surface area (Å²) in [7, 11) is -3.53. The largest absolute Gasteiger partial charge is 0.377 e. The summed E-state index contributed by atoms with van der Waals surface area (Å²) in [6.07, 6.45) is 4.34. The molecule has 12 heteroatoms. The van der Waals surface area contributed by atoms with Gasteiger partial charge in [0.25, 0.3) is 0 Å². The summed E-state index contributed by atoms with van der Waals surface area (Å²) in [5.74, 6) is 1.08. The number of amides is 2. The second kappa shape index (κ2) is 11.1. The third-order valence-corrected chi connectivity index (χ3v) is 7.27. The molecule has 0 spiro atoms. The zero-order chi connectivity index (χ0) is 27.4. The lowest BCUT2D eigenvalue weighted by molar-refractivity contribution is 0.0981. The average Bonchev–Trinajstić information content (AvgIpc) is 2.93. The first kappa shape index (κ1) is 26.2. The Morgan fingerprint density at radius 3 is 2.28 bits per heavy atom. The molecule has 0 saturated carbocycles. The molecule has 39 heavy (non-hydrogen) atoms. The fraction of sp³-hybridized carbons (Fsp3) is 0.222. The van der Waals surface area contributed by atoms with Gasteiger partial charge in [-0.2, -0.15) is 9.97 Å². The average molecular weight is 546 g/mol. The van der Waals surface area contributed by atoms with Crippen LogP contribution in [-0.4, -0.2) is 66.4 Å². The van der Waals surface area contributed by atoms with Gasteiger partial charge in [0.1, 0.15) is 0 Å². The van der Waals surface area contributed by atoms with Crippen LogP contribution in [0.3, 0.4) is 0 Å². The van der Waals surface area contributed by atoms with Crippen molar-refractivity contribution in [2.75, 3.05) is 41.5 Å². The summed E-state index contributed by atoms with van der Waals surface area (Å²) in [5, 5.41) is 5.53. The molecule has 1 fully saturated rings. The van der Waals surface area contributed by atoms with E-state index in [2.05, 4.69) is 25.6 Å². The van der Waals surface area contributed by atoms with Gasteiger partial charge in [-0.15, -0.1) is 0 Å². The number of ether oxygens (including phenoxy) is 1. The molecule has 11 nitrogen and oxygen atoms in total. The molecule has 1 aliphatic heterocycles. The lowest BCUT2D eigenvalue weighted by atomic mass is 10.1. The van der Waals surface area contributed by atoms with Crippen LogP contribution in [0.15, 0.2) is 78.0 Å². The highest BCUT2D eigenvalue weighted by atomic mass is 32.2. The SMILES string of the molecule is C[C@H]1COCCN1c1nc(-c2ccc(NC(=O)Nc3ccncc3)cc2)nc(-c2ccccc2S(C)(=O)=O)n1. The number of anilines is 3. The summed E-state index contributed by atoms with van der Waals surface area (Å²) in [6.45, 7) is 3.66. The van der Waals surface area contributed by atoms with Crippen LogP contribution in [0.2, 0.25) is 0 Å². The van der Waals surface area contributed by atoms with E-state index in [4.69, 9.17) is 9.72 Å². The highest BCUT2D eigenvalue weighted by Crippen LogP contribution is 2.29. The van der Waals surface area contributed by atoms with Crippen molar-refractivity contribution < 1.29 is 17.9 Å². The lowest BCUT2D eigenvalue weighted by Gasteiger charge is -2.33. The van der Waals surface area contributed by atoms with Crippen molar-refractivity contribution in [2.24, 2.45) is 0 Å². The summed E-state index contributed by atoms with van der Waals surface area (Å²) in [6, 6.07) is 16.7. The minimum atomic E-state index is -3.53. The number of hydrogen-bond acceptors (Lipinski definition) is 9. The number of nitrogens with one attached hydrogen (secondary N) is 2. The minimum Gasteiger partial charge on any atom is -0.377 e. The van der Waals surface area contributed by atoms with Crippen molar-refractivity contribution in [3.05, 3.63) is 73.1 Å². The van der Waals surface area contributed by atoms with Gasteiger partial charge in [0.2, 0.25) is 5.95 Å². The fourth-order valence-corrected chi connectivity index (χ4v) is 5.06. The molecule has 0 aliphatic carbocycles. The quantitative estimate of drug-likeness (QED) is 0.369. The Kier molecular flexibility index (Phi) is 7.48. The summed E-state index contributed by atoms with van der Waals surface area (Å²) >= 11 is 0. The number of rotatable bonds is 6. The van der Waals surface area contributed by atoms with E-state index < -0.39 is 15.9 Å². The molecular weight excluding hydrogens is 518 g/mol. The molecule has 1 aliphatic rings. The van der Waals surface area contributed by atoms with Crippen molar-refractivity contribution in [3.63, 3.8) is 0 Å². The normalized spacial score (nSPS) is 15.5. The second-order valence-corrected chi connectivity index (χ2v) is 11.0. The maximum atomic E-state index is 12.5. The molecule has 0 radical (unpaired) electrons. The molecule has 2 amide bonds. The zero-order valence-electron chi connectivity index (χ0n) is 21.4. The Morgan fingerprint density at radius 2 is 1.59 bits per heavy atom. The van der Waals surface area contributed by atoms with Crippen LogP contribution in [0, 0.1) is 0 Å². The van der Waals surface area contributed by atoms with E-state index in [1.54, 1.807) is 73.1 Å². The lowest BCUT2D eigenvalue weighted by Crippen LogP contribution is -2.44. The predicted molar refractivity (Wildman–Crippen MR) is 148 cm³/mol. The molecule has 0 bridgehead atoms. The second-order valence-electron chi connectivity index (χ2n) is 9.06. The van der Waals surface area contributed by atoms with Gasteiger partial charge < -0.3 is 20.3 Å². The number of pyridine rings is 1. The van der Waals surface area contributed by atoms with Gasteiger partial charge in [0.05, 0.1) is 24.2 Å². The van der Waals surface area contributed by atoms with Crippen LogP contribution in [0.1, 0.15) is 6.92 Å². The van der Waals surface area contributed by atoms with Crippen LogP contribution >= 0.6 is 0 Å². The topological polar surface area (TPSA) is 139 Å². The van der Waals surface area contributed by atoms with E-state index in [1.807, 2.05) is 11.8 Å². The van der Waals surface area contributed by atoms with Gasteiger partial charge >= 0.3 is 6.03 Å². The number of hydrogen-bond donors (Lipinski definition) is 2. The number of nitrogens with zero attached hydrogens (tertiary/aromatic N) is 5. The van der Waals surface area contributed by atoms with Crippen LogP contribution in [0.5, 0.6) is 0 Å². The first-order chi connectivity index (χ1) is 18.8. The van der Waals surface area contributed by atoms with E-state index in [0.717, 1.165) is 6.26 Å². The number of morpholine rings is 1. The number of aromatic nitrogens is 4. The van der Waals surface area contributed by atoms with Crippen LogP contribution in [0.4, 0.5) is 22.1 Å². The Morgan fingerprint density at radius 1 is 0.923 bits per heavy atom. The smallest absolute Gasteiger partial charge is 0.323 e. The molecule has 1 atom stereocenters. The highest BCUT2D eigenvalue weighted by Gasteiger charge is 2.25. The van der Waals surface area contributed by atoms with Gasteiger partial charge in [0, 0.05) is 47.7 Å². The van der Waals surface area contributed by atoms with Crippen LogP contribution in [0.25, 0.3) is 22.8 Å². The van der Waals surface area contributed by atoms with Crippen molar-refractivity contribution in [2.45, 2.75) is 17.9 Å². The Hall–Kier alpha value is -4.42. The maximum absolute atomic E-state index is 12.5. The summed E-state index contributed by atoms with van der Waals surface area (Å²) < 4.78 is 30.6. The molecule has 5 rings (SSSR count). The van der Waals surface area contributed by atoms with Crippen molar-refractivity contribution in [3.8, 4) is 22.8 Å². The molecule has 0 unspecified atom stereocenters. The van der Waals surface area contributed by atoms with Gasteiger partial charge in [0.15, 0.2) is 21.5 Å². The van der Waals surface area contributed by atoms with Gasteiger partial charge in [-0.1, -0.05) is 12.1 Å². The molecule has 2 aromatic carbocycles. The van der Waals surface area contributed by atoms with Crippen molar-refractivity contribution >= 4 is 33.2 Å². The molecule has 3 heterocycles. The third-order valence-electron chi connectivity index (χ3n) is 6.11. The molecule has 2 aromatic heterocycles. The molecule has 4 aromatic rings. The number of sulfone groups is 1. The van der Waals surface area contributed by atoms with E-state index in [9.17, 15) is 13.2 Å². The van der Waals surface area contributed by atoms with E-state index in [1.165, 1.54) is 0 Å². The Balaban J connectivity index is 1.49. The van der Waals surface area contributed by atoms with Gasteiger partial charge in [-0.25, -0.2) is 18.2 Å². The van der Waals surface area contributed by atoms with Crippen LogP contribution < -0.4 is 15.5 Å². The zero-order valence-corrected chi connectivity index (χ0v) is 22.2. The van der Waals surface area contributed by atoms with Crippen molar-refractivity contribution in [1.82, 2.24) is 19.9 Å². The number of carbonyl (C=O) groups excluding carboxylic acids is 1. The van der Waals surface area contributed by atoms with E-state index >= 15 is 0 Å². The third kappa shape index (κ3) is 6.19. The predicted octanol–water partition coefficient (Wildman–Crippen LogP) is 3.87. The standard InChI is InChI=1S/C27H27N7O4S/c1-18-17-38-16-15-34(18)26-32-24(31-25(33-26)22-5-3-4-6-23(22)39(2,36)37)19-7-9-20(10-8-19)29-27(35)30-21-11-13-28-14-12-21/h3-14,18H,15-17H2,1-2H3,(H2,28,29,30,35)/t18-/m0/s1. The minimum absolute atomic E-state index is 0.0254. The van der Waals surface area contributed by atoms with E-state index in [-0.39, 0.29) is 16.8 Å². The monoisotopic (exact) mass is 545 g/mol. The summed E-state index contributed by atoms with van der Waals surface area (Å²) in [4.78, 5) is 32.5. The maximum Gasteiger partial charge on any atom is 0.323 e. The molecular formula is C27H27N7O4S. The Bertz CT molecular complexity index is 1580. The van der Waals surface area contributed by atoms with Crippen LogP contribution in [-0.2, 0) is 14.6 Å².